The van der Waals surface area contributed by atoms with Gasteiger partial charge in [0.15, 0.2) is 16.2 Å². The van der Waals surface area contributed by atoms with Crippen LogP contribution in [0.25, 0.3) is 22.4 Å². The fraction of sp³-hybridized carbons (Fsp3) is 0.353. The fourth-order valence-electron chi connectivity index (χ4n) is 2.88. The number of hydrogen-bond acceptors (Lipinski definition) is 6. The number of aryl methyl sites for hydroxylation is 2. The standard InChI is InChI=1S/C17H20N4O4S/c1-4-6-12-14-15(21(3)20-12)17(22)19-16(18-14)11-9-10(26(23)24)7-8-13(11)25-5-2/h7-9,26H,4-6H2,1-3H3,(H,18,19,22). The van der Waals surface area contributed by atoms with E-state index >= 15 is 0 Å². The predicted octanol–water partition coefficient (Wildman–Crippen LogP) is 1.65. The van der Waals surface area contributed by atoms with Crippen molar-refractivity contribution in [3.05, 3.63) is 34.2 Å². The lowest BCUT2D eigenvalue weighted by molar-refractivity contribution is 0.341. The molecule has 0 saturated heterocycles. The molecule has 0 unspecified atom stereocenters. The number of nitrogens with zero attached hydrogens (tertiary/aromatic N) is 3. The third kappa shape index (κ3) is 3.22. The molecule has 0 spiro atoms. The Balaban J connectivity index is 2.29. The van der Waals surface area contributed by atoms with Crippen molar-refractivity contribution in [3.63, 3.8) is 0 Å². The molecule has 0 aliphatic carbocycles. The second-order valence-electron chi connectivity index (χ2n) is 5.80. The van der Waals surface area contributed by atoms with Crippen molar-refractivity contribution >= 4 is 21.7 Å². The van der Waals surface area contributed by atoms with E-state index in [1.807, 2.05) is 13.8 Å². The number of H-pyrrole nitrogens is 1. The van der Waals surface area contributed by atoms with Gasteiger partial charge in [-0.25, -0.2) is 13.4 Å². The third-order valence-corrected chi connectivity index (χ3v) is 4.68. The molecule has 0 amide bonds. The molecular formula is C17H20N4O4S. The van der Waals surface area contributed by atoms with Gasteiger partial charge in [0.05, 0.1) is 22.8 Å². The first-order valence-corrected chi connectivity index (χ1v) is 9.51. The molecule has 8 nitrogen and oxygen atoms in total. The minimum absolute atomic E-state index is 0.126. The molecule has 0 fully saturated rings. The number of fused-ring (bicyclic) bond motifs is 1. The number of ether oxygens (including phenoxy) is 1. The summed E-state index contributed by atoms with van der Waals surface area (Å²) in [7, 11) is -1.06. The minimum atomic E-state index is -2.77. The first-order chi connectivity index (χ1) is 12.5. The van der Waals surface area contributed by atoms with Crippen LogP contribution in [0.5, 0.6) is 5.75 Å². The van der Waals surface area contributed by atoms with Crippen LogP contribution in [-0.4, -0.2) is 34.8 Å². The molecule has 2 aromatic heterocycles. The number of aromatic amines is 1. The van der Waals surface area contributed by atoms with Crippen LogP contribution in [0, 0.1) is 0 Å². The smallest absolute Gasteiger partial charge is 0.277 e. The van der Waals surface area contributed by atoms with Crippen LogP contribution in [0.4, 0.5) is 0 Å². The molecule has 0 radical (unpaired) electrons. The molecule has 0 atom stereocenters. The van der Waals surface area contributed by atoms with Crippen molar-refractivity contribution in [1.82, 2.24) is 19.7 Å². The maximum absolute atomic E-state index is 12.6. The van der Waals surface area contributed by atoms with Crippen LogP contribution in [0.2, 0.25) is 0 Å². The highest BCUT2D eigenvalue weighted by Gasteiger charge is 2.18. The van der Waals surface area contributed by atoms with E-state index in [0.717, 1.165) is 12.1 Å². The quantitative estimate of drug-likeness (QED) is 0.634. The number of benzene rings is 1. The molecule has 3 rings (SSSR count). The lowest BCUT2D eigenvalue weighted by Gasteiger charge is -2.10. The first kappa shape index (κ1) is 18.1. The molecule has 9 heteroatoms. The Bertz CT molecular complexity index is 1090. The van der Waals surface area contributed by atoms with E-state index in [0.29, 0.717) is 35.4 Å². The summed E-state index contributed by atoms with van der Waals surface area (Å²) in [4.78, 5) is 20.0. The van der Waals surface area contributed by atoms with Gasteiger partial charge < -0.3 is 9.72 Å². The van der Waals surface area contributed by atoms with Gasteiger partial charge in [-0.15, -0.1) is 0 Å². The van der Waals surface area contributed by atoms with E-state index in [9.17, 15) is 13.2 Å². The van der Waals surface area contributed by atoms with Crippen molar-refractivity contribution in [2.45, 2.75) is 31.6 Å². The van der Waals surface area contributed by atoms with E-state index in [1.165, 1.54) is 16.8 Å². The van der Waals surface area contributed by atoms with E-state index in [2.05, 4.69) is 15.1 Å². The van der Waals surface area contributed by atoms with Crippen LogP contribution in [-0.2, 0) is 24.2 Å². The van der Waals surface area contributed by atoms with Crippen LogP contribution in [0.3, 0.4) is 0 Å². The summed E-state index contributed by atoms with van der Waals surface area (Å²) in [5.41, 5.74) is 1.74. The Morgan fingerprint density at radius 2 is 2.04 bits per heavy atom. The van der Waals surface area contributed by atoms with Crippen LogP contribution in [0.15, 0.2) is 27.9 Å². The highest BCUT2D eigenvalue weighted by atomic mass is 32.2. The maximum Gasteiger partial charge on any atom is 0.277 e. The normalized spacial score (nSPS) is 11.4. The molecule has 138 valence electrons. The Morgan fingerprint density at radius 3 is 2.69 bits per heavy atom. The van der Waals surface area contributed by atoms with Gasteiger partial charge in [-0.05, 0) is 31.5 Å². The zero-order valence-corrected chi connectivity index (χ0v) is 15.7. The molecule has 3 aromatic rings. The van der Waals surface area contributed by atoms with E-state index in [-0.39, 0.29) is 16.3 Å². The summed E-state index contributed by atoms with van der Waals surface area (Å²) >= 11 is 0. The molecule has 1 aromatic carbocycles. The van der Waals surface area contributed by atoms with E-state index in [1.54, 1.807) is 13.1 Å². The number of aromatic nitrogens is 4. The summed E-state index contributed by atoms with van der Waals surface area (Å²) < 4.78 is 29.8. The molecular weight excluding hydrogens is 356 g/mol. The lowest BCUT2D eigenvalue weighted by Crippen LogP contribution is -2.13. The van der Waals surface area contributed by atoms with Crippen LogP contribution < -0.4 is 10.3 Å². The minimum Gasteiger partial charge on any atom is -0.493 e. The molecule has 0 aliphatic rings. The van der Waals surface area contributed by atoms with Crippen molar-refractivity contribution < 1.29 is 13.2 Å². The number of thiol groups is 1. The molecule has 0 aliphatic heterocycles. The molecule has 2 heterocycles. The summed E-state index contributed by atoms with van der Waals surface area (Å²) in [5.74, 6) is 0.714. The largest absolute Gasteiger partial charge is 0.493 e. The van der Waals surface area contributed by atoms with Crippen LogP contribution >= 0.6 is 0 Å². The Kier molecular flexibility index (Phi) is 5.08. The maximum atomic E-state index is 12.6. The van der Waals surface area contributed by atoms with Gasteiger partial charge in [0.2, 0.25) is 0 Å². The van der Waals surface area contributed by atoms with Gasteiger partial charge in [0.25, 0.3) is 5.56 Å². The van der Waals surface area contributed by atoms with E-state index < -0.39 is 10.7 Å². The van der Waals surface area contributed by atoms with Crippen LogP contribution in [0.1, 0.15) is 26.0 Å². The van der Waals surface area contributed by atoms with Gasteiger partial charge in [-0.3, -0.25) is 9.48 Å². The second-order valence-corrected chi connectivity index (χ2v) is 6.83. The average Bonchev–Trinajstić information content (AvgIpc) is 2.92. The molecule has 26 heavy (non-hydrogen) atoms. The average molecular weight is 376 g/mol. The second kappa shape index (κ2) is 7.28. The summed E-state index contributed by atoms with van der Waals surface area (Å²) in [6.45, 7) is 4.25. The zero-order chi connectivity index (χ0) is 18.8. The fourth-order valence-corrected chi connectivity index (χ4v) is 3.31. The van der Waals surface area contributed by atoms with Crippen molar-refractivity contribution in [2.75, 3.05) is 6.61 Å². The van der Waals surface area contributed by atoms with Gasteiger partial charge >= 0.3 is 0 Å². The molecule has 1 N–H and O–H groups in total. The highest BCUT2D eigenvalue weighted by Crippen LogP contribution is 2.30. The Morgan fingerprint density at radius 1 is 1.27 bits per heavy atom. The SMILES string of the molecule is CCCc1nn(C)c2c(=O)[nH]c(-c3cc([SH](=O)=O)ccc3OCC)nc12. The molecule has 0 bridgehead atoms. The number of nitrogens with one attached hydrogen (secondary N) is 1. The number of rotatable bonds is 6. The van der Waals surface area contributed by atoms with Gasteiger partial charge in [0.1, 0.15) is 17.1 Å². The molecule has 0 saturated carbocycles. The monoisotopic (exact) mass is 376 g/mol. The lowest BCUT2D eigenvalue weighted by atomic mass is 10.1. The van der Waals surface area contributed by atoms with Crippen molar-refractivity contribution in [1.29, 1.82) is 0 Å². The van der Waals surface area contributed by atoms with Gasteiger partial charge in [0, 0.05) is 7.05 Å². The summed E-state index contributed by atoms with van der Waals surface area (Å²) in [6, 6.07) is 4.49. The van der Waals surface area contributed by atoms with E-state index in [4.69, 9.17) is 4.74 Å². The predicted molar refractivity (Wildman–Crippen MR) is 98.3 cm³/mol. The first-order valence-electron chi connectivity index (χ1n) is 8.33. The Labute approximate surface area is 151 Å². The topological polar surface area (TPSA) is 107 Å². The summed E-state index contributed by atoms with van der Waals surface area (Å²) in [5, 5.41) is 4.39. The highest BCUT2D eigenvalue weighted by molar-refractivity contribution is 7.72. The Hall–Kier alpha value is -2.68. The number of hydrogen-bond donors (Lipinski definition) is 2. The third-order valence-electron chi connectivity index (χ3n) is 3.98. The van der Waals surface area contributed by atoms with Crippen molar-refractivity contribution in [3.8, 4) is 17.1 Å². The zero-order valence-electron chi connectivity index (χ0n) is 14.8. The van der Waals surface area contributed by atoms with Crippen molar-refractivity contribution in [2.24, 2.45) is 7.05 Å². The van der Waals surface area contributed by atoms with Gasteiger partial charge in [-0.1, -0.05) is 13.3 Å². The summed E-state index contributed by atoms with van der Waals surface area (Å²) in [6.07, 6.45) is 1.56. The van der Waals surface area contributed by atoms with Gasteiger partial charge in [-0.2, -0.15) is 5.10 Å².